The Balaban J connectivity index is 2.06. The van der Waals surface area contributed by atoms with Gasteiger partial charge in [0.2, 0.25) is 5.78 Å². The normalized spacial score (nSPS) is 17.2. The number of rotatable bonds is 3. The average molecular weight is 310 g/mol. The van der Waals surface area contributed by atoms with E-state index < -0.39 is 11.9 Å². The number of thiophene rings is 1. The summed E-state index contributed by atoms with van der Waals surface area (Å²) in [5, 5.41) is 9.21. The minimum Gasteiger partial charge on any atom is -0.481 e. The number of carbonyl (C=O) groups excluding carboxylic acids is 1. The Bertz CT molecular complexity index is 716. The van der Waals surface area contributed by atoms with E-state index in [9.17, 15) is 14.7 Å². The number of aromatic nitrogens is 1. The fraction of sp³-hybridized carbons (Fsp3) is 0.286. The van der Waals surface area contributed by atoms with Crippen molar-refractivity contribution in [3.05, 3.63) is 44.4 Å². The maximum absolute atomic E-state index is 12.6. The molecule has 1 atom stereocenters. The standard InChI is InChI=1S/C14H12ClNO3S/c1-7-6-9-8(14(18)19)4-5-16(9)12(7)13(17)10-2-3-11(15)20-10/h2-3,6,8H,4-5H2,1H3,(H,18,19). The summed E-state index contributed by atoms with van der Waals surface area (Å²) in [6.45, 7) is 2.41. The second-order valence-electron chi connectivity index (χ2n) is 4.86. The lowest BCUT2D eigenvalue weighted by Crippen LogP contribution is -2.09. The smallest absolute Gasteiger partial charge is 0.312 e. The van der Waals surface area contributed by atoms with Crippen molar-refractivity contribution in [3.63, 3.8) is 0 Å². The lowest BCUT2D eigenvalue weighted by molar-refractivity contribution is -0.138. The molecular formula is C14H12ClNO3S. The van der Waals surface area contributed by atoms with Crippen molar-refractivity contribution >= 4 is 34.7 Å². The van der Waals surface area contributed by atoms with Crippen molar-refractivity contribution in [1.29, 1.82) is 0 Å². The highest BCUT2D eigenvalue weighted by Crippen LogP contribution is 2.34. The second kappa shape index (κ2) is 4.75. The molecule has 0 fully saturated rings. The van der Waals surface area contributed by atoms with E-state index >= 15 is 0 Å². The van der Waals surface area contributed by atoms with Crippen molar-refractivity contribution in [2.75, 3.05) is 0 Å². The molecule has 1 N–H and O–H groups in total. The van der Waals surface area contributed by atoms with Crippen LogP contribution in [0.25, 0.3) is 0 Å². The maximum Gasteiger partial charge on any atom is 0.312 e. The number of carboxylic acid groups (broad SMARTS) is 1. The van der Waals surface area contributed by atoms with Gasteiger partial charge in [0, 0.05) is 12.2 Å². The van der Waals surface area contributed by atoms with Gasteiger partial charge in [-0.3, -0.25) is 9.59 Å². The van der Waals surface area contributed by atoms with E-state index in [1.165, 1.54) is 11.3 Å². The van der Waals surface area contributed by atoms with Crippen LogP contribution < -0.4 is 0 Å². The summed E-state index contributed by atoms with van der Waals surface area (Å²) in [5.41, 5.74) is 2.13. The molecule has 3 rings (SSSR count). The minimum absolute atomic E-state index is 0.0864. The first-order valence-corrected chi connectivity index (χ1v) is 7.41. The Labute approximate surface area is 124 Å². The monoisotopic (exact) mass is 309 g/mol. The Morgan fingerprint density at radius 3 is 2.80 bits per heavy atom. The fourth-order valence-electron chi connectivity index (χ4n) is 2.75. The summed E-state index contributed by atoms with van der Waals surface area (Å²) in [4.78, 5) is 24.4. The van der Waals surface area contributed by atoms with E-state index in [-0.39, 0.29) is 5.78 Å². The number of fused-ring (bicyclic) bond motifs is 1. The van der Waals surface area contributed by atoms with Gasteiger partial charge in [0.15, 0.2) is 0 Å². The number of halogens is 1. The van der Waals surface area contributed by atoms with Crippen LogP contribution in [0.2, 0.25) is 4.34 Å². The van der Waals surface area contributed by atoms with Crippen LogP contribution in [0.3, 0.4) is 0 Å². The van der Waals surface area contributed by atoms with Crippen LogP contribution in [0.15, 0.2) is 18.2 Å². The number of hydrogen-bond donors (Lipinski definition) is 1. The van der Waals surface area contributed by atoms with E-state index in [0.717, 1.165) is 11.3 Å². The van der Waals surface area contributed by atoms with E-state index in [2.05, 4.69) is 0 Å². The number of ketones is 1. The van der Waals surface area contributed by atoms with Crippen molar-refractivity contribution in [1.82, 2.24) is 4.57 Å². The number of hydrogen-bond acceptors (Lipinski definition) is 3. The van der Waals surface area contributed by atoms with Gasteiger partial charge in [-0.05, 0) is 37.1 Å². The summed E-state index contributed by atoms with van der Waals surface area (Å²) in [5.74, 6) is -1.43. The lowest BCUT2D eigenvalue weighted by Gasteiger charge is -2.05. The third-order valence-electron chi connectivity index (χ3n) is 3.63. The molecule has 0 spiro atoms. The zero-order valence-corrected chi connectivity index (χ0v) is 12.3. The SMILES string of the molecule is Cc1cc2n(c1C(=O)c1ccc(Cl)s1)CCC2C(=O)O. The van der Waals surface area contributed by atoms with Crippen molar-refractivity contribution < 1.29 is 14.7 Å². The molecule has 20 heavy (non-hydrogen) atoms. The first kappa shape index (κ1) is 13.4. The van der Waals surface area contributed by atoms with E-state index in [4.69, 9.17) is 11.6 Å². The molecule has 4 nitrogen and oxygen atoms in total. The Hall–Kier alpha value is -1.59. The van der Waals surface area contributed by atoms with Crippen LogP contribution in [0.4, 0.5) is 0 Å². The van der Waals surface area contributed by atoms with Crippen molar-refractivity contribution in [2.24, 2.45) is 0 Å². The third-order valence-corrected chi connectivity index (χ3v) is 4.86. The summed E-state index contributed by atoms with van der Waals surface area (Å²) in [6, 6.07) is 5.22. The zero-order chi connectivity index (χ0) is 14.4. The Morgan fingerprint density at radius 1 is 1.45 bits per heavy atom. The zero-order valence-electron chi connectivity index (χ0n) is 10.7. The molecule has 0 amide bonds. The largest absolute Gasteiger partial charge is 0.481 e. The lowest BCUT2D eigenvalue weighted by atomic mass is 10.0. The van der Waals surface area contributed by atoms with E-state index in [1.807, 2.05) is 17.6 Å². The van der Waals surface area contributed by atoms with Crippen LogP contribution in [-0.2, 0) is 11.3 Å². The van der Waals surface area contributed by atoms with Crippen LogP contribution >= 0.6 is 22.9 Å². The molecule has 1 aliphatic rings. The fourth-order valence-corrected chi connectivity index (χ4v) is 3.73. The number of aryl methyl sites for hydroxylation is 1. The highest BCUT2D eigenvalue weighted by Gasteiger charge is 2.33. The van der Waals surface area contributed by atoms with Gasteiger partial charge in [0.25, 0.3) is 0 Å². The molecule has 0 bridgehead atoms. The molecule has 0 aromatic carbocycles. The van der Waals surface area contributed by atoms with Gasteiger partial charge < -0.3 is 9.67 Å². The molecule has 3 heterocycles. The van der Waals surface area contributed by atoms with E-state index in [1.54, 1.807) is 12.1 Å². The van der Waals surface area contributed by atoms with Gasteiger partial charge in [-0.1, -0.05) is 11.6 Å². The van der Waals surface area contributed by atoms with Gasteiger partial charge in [0.1, 0.15) is 0 Å². The number of carboxylic acids is 1. The molecule has 0 saturated carbocycles. The summed E-state index contributed by atoms with van der Waals surface area (Å²) < 4.78 is 2.41. The Kier molecular flexibility index (Phi) is 3.18. The van der Waals surface area contributed by atoms with Gasteiger partial charge in [0.05, 0.1) is 20.8 Å². The summed E-state index contributed by atoms with van der Waals surface area (Å²) >= 11 is 7.11. The van der Waals surface area contributed by atoms with E-state index in [0.29, 0.717) is 27.9 Å². The van der Waals surface area contributed by atoms with Crippen molar-refractivity contribution in [3.8, 4) is 0 Å². The van der Waals surface area contributed by atoms with Gasteiger partial charge in [-0.2, -0.15) is 0 Å². The molecular weight excluding hydrogens is 298 g/mol. The highest BCUT2D eigenvalue weighted by atomic mass is 35.5. The molecule has 0 aliphatic carbocycles. The topological polar surface area (TPSA) is 59.3 Å². The van der Waals surface area contributed by atoms with Crippen LogP contribution in [0.1, 0.15) is 39.0 Å². The maximum atomic E-state index is 12.6. The van der Waals surface area contributed by atoms with Gasteiger partial charge in [-0.15, -0.1) is 11.3 Å². The minimum atomic E-state index is -0.834. The van der Waals surface area contributed by atoms with Crippen LogP contribution in [-0.4, -0.2) is 21.4 Å². The molecule has 1 unspecified atom stereocenters. The average Bonchev–Trinajstić information content (AvgIpc) is 3.02. The van der Waals surface area contributed by atoms with Crippen LogP contribution in [0, 0.1) is 6.92 Å². The molecule has 2 aromatic rings. The Morgan fingerprint density at radius 2 is 2.20 bits per heavy atom. The number of aliphatic carboxylic acids is 1. The molecule has 1 aliphatic heterocycles. The first-order chi connectivity index (χ1) is 9.49. The predicted molar refractivity (Wildman–Crippen MR) is 76.9 cm³/mol. The molecule has 6 heteroatoms. The van der Waals surface area contributed by atoms with Gasteiger partial charge in [-0.25, -0.2) is 0 Å². The predicted octanol–water partition coefficient (Wildman–Crippen LogP) is 3.31. The van der Waals surface area contributed by atoms with Crippen LogP contribution in [0.5, 0.6) is 0 Å². The molecule has 2 aromatic heterocycles. The number of carbonyl (C=O) groups is 2. The molecule has 0 saturated heterocycles. The van der Waals surface area contributed by atoms with Gasteiger partial charge >= 0.3 is 5.97 Å². The molecule has 104 valence electrons. The quantitative estimate of drug-likeness (QED) is 0.885. The molecule has 0 radical (unpaired) electrons. The second-order valence-corrected chi connectivity index (χ2v) is 6.58. The van der Waals surface area contributed by atoms with Crippen molar-refractivity contribution in [2.45, 2.75) is 25.8 Å². The summed E-state index contributed by atoms with van der Waals surface area (Å²) in [7, 11) is 0. The summed E-state index contributed by atoms with van der Waals surface area (Å²) in [6.07, 6.45) is 0.538. The highest BCUT2D eigenvalue weighted by molar-refractivity contribution is 7.18. The third kappa shape index (κ3) is 1.98. The first-order valence-electron chi connectivity index (χ1n) is 6.22. The number of nitrogens with zero attached hydrogens (tertiary/aromatic N) is 1.